The SMILES string of the molecule is COc1ccc(S(=O)(=O)N(CC(=O)N(Cc2cccc(OC)c2)C(Cc2ccccc2)C(=O)NC2CCCCC2)c2ccc(C)cc2)cc1. The average molecular weight is 684 g/mol. The number of sulfonamides is 1. The van der Waals surface area contributed by atoms with Crippen LogP contribution in [0.25, 0.3) is 0 Å². The maximum atomic E-state index is 14.7. The first-order chi connectivity index (χ1) is 23.7. The lowest BCUT2D eigenvalue weighted by molar-refractivity contribution is -0.140. The molecule has 1 aliphatic rings. The fraction of sp³-hybridized carbons (Fsp3) is 0.333. The molecule has 0 radical (unpaired) electrons. The van der Waals surface area contributed by atoms with Gasteiger partial charge < -0.3 is 19.7 Å². The van der Waals surface area contributed by atoms with Crippen LogP contribution in [0.15, 0.2) is 108 Å². The van der Waals surface area contributed by atoms with Gasteiger partial charge in [0, 0.05) is 19.0 Å². The quantitative estimate of drug-likeness (QED) is 0.167. The Balaban J connectivity index is 1.57. The van der Waals surface area contributed by atoms with Gasteiger partial charge in [-0.3, -0.25) is 13.9 Å². The van der Waals surface area contributed by atoms with Crippen molar-refractivity contribution in [2.75, 3.05) is 25.1 Å². The summed E-state index contributed by atoms with van der Waals surface area (Å²) in [5.74, 6) is 0.348. The Hall–Kier alpha value is -4.83. The molecule has 0 bridgehead atoms. The third kappa shape index (κ3) is 9.20. The Bertz CT molecular complexity index is 1790. The van der Waals surface area contributed by atoms with Crippen LogP contribution in [-0.2, 0) is 32.6 Å². The minimum atomic E-state index is -4.22. The van der Waals surface area contributed by atoms with Crippen LogP contribution in [0.3, 0.4) is 0 Å². The molecule has 4 aromatic carbocycles. The van der Waals surface area contributed by atoms with Crippen LogP contribution in [0.1, 0.15) is 48.8 Å². The topological polar surface area (TPSA) is 105 Å². The van der Waals surface area contributed by atoms with E-state index in [-0.39, 0.29) is 29.8 Å². The second-order valence-corrected chi connectivity index (χ2v) is 14.3. The van der Waals surface area contributed by atoms with Crippen molar-refractivity contribution >= 4 is 27.5 Å². The van der Waals surface area contributed by atoms with Crippen LogP contribution in [0, 0.1) is 6.92 Å². The fourth-order valence-corrected chi connectivity index (χ4v) is 7.59. The van der Waals surface area contributed by atoms with E-state index in [2.05, 4.69) is 5.32 Å². The second kappa shape index (κ2) is 16.5. The molecule has 0 aliphatic heterocycles. The molecule has 1 N–H and O–H groups in total. The zero-order valence-corrected chi connectivity index (χ0v) is 29.2. The number of hydrogen-bond acceptors (Lipinski definition) is 6. The number of nitrogens with one attached hydrogen (secondary N) is 1. The molecule has 0 spiro atoms. The Kier molecular flexibility index (Phi) is 12.0. The van der Waals surface area contributed by atoms with Crippen molar-refractivity contribution < 1.29 is 27.5 Å². The molecule has 0 aromatic heterocycles. The van der Waals surface area contributed by atoms with Crippen molar-refractivity contribution in [2.24, 2.45) is 0 Å². The van der Waals surface area contributed by atoms with Gasteiger partial charge in [-0.05, 0) is 79.4 Å². The number of methoxy groups -OCH3 is 2. The summed E-state index contributed by atoms with van der Waals surface area (Å²) in [4.78, 5) is 30.6. The molecular weight excluding hydrogens is 639 g/mol. The van der Waals surface area contributed by atoms with Gasteiger partial charge in [-0.2, -0.15) is 0 Å². The molecule has 2 amide bonds. The minimum Gasteiger partial charge on any atom is -0.497 e. The van der Waals surface area contributed by atoms with Crippen LogP contribution in [-0.4, -0.2) is 58.0 Å². The number of amides is 2. The molecule has 9 nitrogen and oxygen atoms in total. The van der Waals surface area contributed by atoms with E-state index < -0.39 is 28.5 Å². The summed E-state index contributed by atoms with van der Waals surface area (Å²) in [7, 11) is -1.14. The highest BCUT2D eigenvalue weighted by Crippen LogP contribution is 2.27. The predicted octanol–water partition coefficient (Wildman–Crippen LogP) is 6.30. The highest BCUT2D eigenvalue weighted by Gasteiger charge is 2.35. The molecule has 0 saturated heterocycles. The zero-order chi connectivity index (χ0) is 34.8. The van der Waals surface area contributed by atoms with Crippen LogP contribution in [0.4, 0.5) is 5.69 Å². The van der Waals surface area contributed by atoms with Gasteiger partial charge in [-0.1, -0.05) is 79.4 Å². The number of nitrogens with zero attached hydrogens (tertiary/aromatic N) is 2. The minimum absolute atomic E-state index is 0.0110. The number of hydrogen-bond donors (Lipinski definition) is 1. The van der Waals surface area contributed by atoms with Gasteiger partial charge in [0.2, 0.25) is 11.8 Å². The first kappa shape index (κ1) is 35.5. The standard InChI is InChI=1S/C39H45N3O6S/c1-29-17-19-33(20-18-29)42(49(45,46)36-23-21-34(47-2)22-24-36)28-38(43)41(27-31-13-10-16-35(25-31)48-3)37(26-30-11-6-4-7-12-30)39(44)40-32-14-8-5-9-15-32/h4,6-7,10-13,16-25,32,37H,5,8-9,14-15,26-28H2,1-3H3,(H,40,44). The molecular formula is C39H45N3O6S. The Morgan fingerprint density at radius 2 is 1.45 bits per heavy atom. The van der Waals surface area contributed by atoms with Gasteiger partial charge >= 0.3 is 0 Å². The highest BCUT2D eigenvalue weighted by atomic mass is 32.2. The fourth-order valence-electron chi connectivity index (χ4n) is 6.18. The van der Waals surface area contributed by atoms with Gasteiger partial charge in [0.15, 0.2) is 0 Å². The van der Waals surface area contributed by atoms with Crippen molar-refractivity contribution in [2.45, 2.75) is 69.0 Å². The number of carbonyl (C=O) groups is 2. The van der Waals surface area contributed by atoms with E-state index in [1.54, 1.807) is 43.5 Å². The normalized spacial score (nSPS) is 14.0. The Morgan fingerprint density at radius 3 is 2.10 bits per heavy atom. The first-order valence-electron chi connectivity index (χ1n) is 16.7. The van der Waals surface area contributed by atoms with E-state index in [1.807, 2.05) is 61.5 Å². The first-order valence-corrected chi connectivity index (χ1v) is 18.1. The van der Waals surface area contributed by atoms with Gasteiger partial charge in [0.1, 0.15) is 24.1 Å². The molecule has 1 saturated carbocycles. The van der Waals surface area contributed by atoms with E-state index in [9.17, 15) is 18.0 Å². The van der Waals surface area contributed by atoms with Gasteiger partial charge in [-0.15, -0.1) is 0 Å². The summed E-state index contributed by atoms with van der Waals surface area (Å²) in [6.07, 6.45) is 5.23. The summed E-state index contributed by atoms with van der Waals surface area (Å²) in [5.41, 5.74) is 2.91. The molecule has 4 aromatic rings. The zero-order valence-electron chi connectivity index (χ0n) is 28.4. The second-order valence-electron chi connectivity index (χ2n) is 12.4. The third-order valence-electron chi connectivity index (χ3n) is 8.96. The van der Waals surface area contributed by atoms with Gasteiger partial charge in [0.25, 0.3) is 10.0 Å². The van der Waals surface area contributed by atoms with Crippen molar-refractivity contribution in [3.05, 3.63) is 120 Å². The molecule has 258 valence electrons. The molecule has 5 rings (SSSR count). The smallest absolute Gasteiger partial charge is 0.264 e. The molecule has 0 heterocycles. The lowest BCUT2D eigenvalue weighted by Gasteiger charge is -2.35. The van der Waals surface area contributed by atoms with Crippen LogP contribution >= 0.6 is 0 Å². The van der Waals surface area contributed by atoms with E-state index in [4.69, 9.17) is 9.47 Å². The third-order valence-corrected chi connectivity index (χ3v) is 10.7. The van der Waals surface area contributed by atoms with E-state index in [1.165, 1.54) is 24.1 Å². The van der Waals surface area contributed by atoms with Crippen LogP contribution in [0.5, 0.6) is 11.5 Å². The van der Waals surface area contributed by atoms with Crippen molar-refractivity contribution in [3.8, 4) is 11.5 Å². The summed E-state index contributed by atoms with van der Waals surface area (Å²) in [6.45, 7) is 1.45. The molecule has 1 fully saturated rings. The lowest BCUT2D eigenvalue weighted by Crippen LogP contribution is -2.55. The predicted molar refractivity (Wildman–Crippen MR) is 191 cm³/mol. The molecule has 10 heteroatoms. The summed E-state index contributed by atoms with van der Waals surface area (Å²) < 4.78 is 40.4. The average Bonchev–Trinajstić information content (AvgIpc) is 3.13. The number of benzene rings is 4. The number of ether oxygens (including phenoxy) is 2. The lowest BCUT2D eigenvalue weighted by atomic mass is 9.94. The molecule has 1 atom stereocenters. The van der Waals surface area contributed by atoms with Crippen LogP contribution < -0.4 is 19.1 Å². The maximum Gasteiger partial charge on any atom is 0.264 e. The number of anilines is 1. The maximum absolute atomic E-state index is 14.7. The Labute approximate surface area is 289 Å². The molecule has 1 unspecified atom stereocenters. The largest absolute Gasteiger partial charge is 0.497 e. The summed E-state index contributed by atoms with van der Waals surface area (Å²) in [6, 6.07) is 29.1. The highest BCUT2D eigenvalue weighted by molar-refractivity contribution is 7.92. The van der Waals surface area contributed by atoms with Crippen molar-refractivity contribution in [3.63, 3.8) is 0 Å². The molecule has 1 aliphatic carbocycles. The van der Waals surface area contributed by atoms with E-state index in [0.717, 1.165) is 53.1 Å². The number of rotatable bonds is 14. The van der Waals surface area contributed by atoms with Crippen LogP contribution in [0.2, 0.25) is 0 Å². The van der Waals surface area contributed by atoms with Gasteiger partial charge in [-0.25, -0.2) is 8.42 Å². The summed E-state index contributed by atoms with van der Waals surface area (Å²) >= 11 is 0. The molecule has 49 heavy (non-hydrogen) atoms. The van der Waals surface area contributed by atoms with Crippen molar-refractivity contribution in [1.29, 1.82) is 0 Å². The van der Waals surface area contributed by atoms with Gasteiger partial charge in [0.05, 0.1) is 24.8 Å². The van der Waals surface area contributed by atoms with E-state index in [0.29, 0.717) is 17.2 Å². The van der Waals surface area contributed by atoms with Crippen molar-refractivity contribution in [1.82, 2.24) is 10.2 Å². The van der Waals surface area contributed by atoms with E-state index >= 15 is 0 Å². The number of carbonyl (C=O) groups excluding carboxylic acids is 2. The monoisotopic (exact) mass is 683 g/mol. The summed E-state index contributed by atoms with van der Waals surface area (Å²) in [5, 5.41) is 3.24. The Morgan fingerprint density at radius 1 is 0.796 bits per heavy atom. The number of aryl methyl sites for hydroxylation is 1.